The van der Waals surface area contributed by atoms with Gasteiger partial charge in [-0.3, -0.25) is 4.79 Å². The fraction of sp³-hybridized carbons (Fsp3) is 0.889. The highest BCUT2D eigenvalue weighted by Gasteiger charge is 2.31. The number of primary amides is 1. The first kappa shape index (κ1) is 10.5. The van der Waals surface area contributed by atoms with E-state index in [-0.39, 0.29) is 24.2 Å². The van der Waals surface area contributed by atoms with E-state index >= 15 is 0 Å². The van der Waals surface area contributed by atoms with Gasteiger partial charge < -0.3 is 15.8 Å². The molecule has 1 rings (SSSR count). The molecule has 76 valence electrons. The van der Waals surface area contributed by atoms with Gasteiger partial charge in [0.1, 0.15) is 0 Å². The van der Waals surface area contributed by atoms with Crippen molar-refractivity contribution in [2.75, 3.05) is 13.1 Å². The van der Waals surface area contributed by atoms with Gasteiger partial charge in [0.05, 0.1) is 18.2 Å². The summed E-state index contributed by atoms with van der Waals surface area (Å²) in [4.78, 5) is 10.4. The lowest BCUT2D eigenvalue weighted by molar-refractivity contribution is -0.117. The van der Waals surface area contributed by atoms with E-state index < -0.39 is 0 Å². The van der Waals surface area contributed by atoms with Gasteiger partial charge in [-0.2, -0.15) is 0 Å². The predicted molar refractivity (Wildman–Crippen MR) is 50.3 cm³/mol. The molecular weight excluding hydrogens is 168 g/mol. The van der Waals surface area contributed by atoms with Gasteiger partial charge in [-0.25, -0.2) is 0 Å². The first-order valence-corrected chi connectivity index (χ1v) is 4.66. The Morgan fingerprint density at radius 3 is 2.85 bits per heavy atom. The molecule has 1 unspecified atom stereocenters. The van der Waals surface area contributed by atoms with E-state index in [1.54, 1.807) is 0 Å². The number of nitrogens with two attached hydrogens (primary N) is 1. The lowest BCUT2D eigenvalue weighted by atomic mass is 10.1. The summed E-state index contributed by atoms with van der Waals surface area (Å²) in [6.45, 7) is 5.12. The Hall–Kier alpha value is -0.610. The van der Waals surface area contributed by atoms with Crippen molar-refractivity contribution >= 4 is 5.91 Å². The van der Waals surface area contributed by atoms with E-state index in [4.69, 9.17) is 10.5 Å². The van der Waals surface area contributed by atoms with Crippen LogP contribution in [0.5, 0.6) is 0 Å². The van der Waals surface area contributed by atoms with Crippen molar-refractivity contribution in [3.05, 3.63) is 0 Å². The molecule has 13 heavy (non-hydrogen) atoms. The first-order chi connectivity index (χ1) is 5.99. The molecule has 1 atom stereocenters. The fourth-order valence-electron chi connectivity index (χ4n) is 1.58. The number of hydrogen-bond donors (Lipinski definition) is 2. The lowest BCUT2D eigenvalue weighted by Crippen LogP contribution is -2.35. The van der Waals surface area contributed by atoms with Crippen molar-refractivity contribution in [3.8, 4) is 0 Å². The summed E-state index contributed by atoms with van der Waals surface area (Å²) in [5.41, 5.74) is 4.99. The van der Waals surface area contributed by atoms with Crippen molar-refractivity contribution in [1.29, 1.82) is 0 Å². The Labute approximate surface area is 78.8 Å². The highest BCUT2D eigenvalue weighted by Crippen LogP contribution is 2.28. The molecule has 4 heteroatoms. The molecule has 1 amide bonds. The largest absolute Gasteiger partial charge is 0.371 e. The van der Waals surface area contributed by atoms with Crippen molar-refractivity contribution in [1.82, 2.24) is 5.32 Å². The second kappa shape index (κ2) is 4.07. The zero-order valence-electron chi connectivity index (χ0n) is 8.30. The van der Waals surface area contributed by atoms with Crippen LogP contribution in [-0.2, 0) is 9.53 Å². The van der Waals surface area contributed by atoms with Gasteiger partial charge in [0.25, 0.3) is 0 Å². The number of rotatable bonds is 4. The standard InChI is InChI=1S/C9H18N2O2/c1-9(2)4-3-7(13-9)5-11-6-8(10)12/h7,11H,3-6H2,1-2H3,(H2,10,12). The Morgan fingerprint density at radius 1 is 1.69 bits per heavy atom. The SMILES string of the molecule is CC1(C)CCC(CNCC(N)=O)O1. The van der Waals surface area contributed by atoms with Gasteiger partial charge in [-0.05, 0) is 26.7 Å². The zero-order chi connectivity index (χ0) is 9.90. The van der Waals surface area contributed by atoms with Crippen LogP contribution in [0, 0.1) is 0 Å². The molecule has 0 aromatic carbocycles. The Balaban J connectivity index is 2.14. The smallest absolute Gasteiger partial charge is 0.231 e. The van der Waals surface area contributed by atoms with Gasteiger partial charge in [0.15, 0.2) is 0 Å². The summed E-state index contributed by atoms with van der Waals surface area (Å²) in [6, 6.07) is 0. The van der Waals surface area contributed by atoms with Crippen LogP contribution in [0.3, 0.4) is 0 Å². The molecule has 0 spiro atoms. The van der Waals surface area contributed by atoms with Gasteiger partial charge in [-0.1, -0.05) is 0 Å². The highest BCUT2D eigenvalue weighted by molar-refractivity contribution is 5.75. The molecule has 4 nitrogen and oxygen atoms in total. The number of nitrogens with one attached hydrogen (secondary N) is 1. The van der Waals surface area contributed by atoms with Gasteiger partial charge in [0, 0.05) is 6.54 Å². The molecule has 1 fully saturated rings. The molecular formula is C9H18N2O2. The number of ether oxygens (including phenoxy) is 1. The molecule has 1 heterocycles. The Kier molecular flexibility index (Phi) is 3.27. The molecule has 0 radical (unpaired) electrons. The monoisotopic (exact) mass is 186 g/mol. The number of carbonyl (C=O) groups excluding carboxylic acids is 1. The molecule has 1 aliphatic rings. The van der Waals surface area contributed by atoms with Crippen molar-refractivity contribution in [2.45, 2.75) is 38.4 Å². The molecule has 0 saturated carbocycles. The molecule has 3 N–H and O–H groups in total. The summed E-state index contributed by atoms with van der Waals surface area (Å²) in [5.74, 6) is -0.322. The van der Waals surface area contributed by atoms with E-state index in [1.807, 2.05) is 0 Å². The van der Waals surface area contributed by atoms with E-state index in [1.165, 1.54) is 0 Å². The normalized spacial score (nSPS) is 26.2. The number of hydrogen-bond acceptors (Lipinski definition) is 3. The van der Waals surface area contributed by atoms with Crippen LogP contribution < -0.4 is 11.1 Å². The van der Waals surface area contributed by atoms with E-state index in [9.17, 15) is 4.79 Å². The minimum atomic E-state index is -0.322. The second-order valence-electron chi connectivity index (χ2n) is 4.14. The van der Waals surface area contributed by atoms with Crippen LogP contribution in [0.2, 0.25) is 0 Å². The Bertz CT molecular complexity index is 192. The summed E-state index contributed by atoms with van der Waals surface area (Å²) in [6.07, 6.45) is 2.36. The molecule has 1 aliphatic heterocycles. The highest BCUT2D eigenvalue weighted by atomic mass is 16.5. The van der Waals surface area contributed by atoms with Gasteiger partial charge >= 0.3 is 0 Å². The van der Waals surface area contributed by atoms with Gasteiger partial charge in [-0.15, -0.1) is 0 Å². The topological polar surface area (TPSA) is 64.3 Å². The summed E-state index contributed by atoms with van der Waals surface area (Å²) < 4.78 is 5.72. The number of carbonyl (C=O) groups is 1. The van der Waals surface area contributed by atoms with Crippen molar-refractivity contribution < 1.29 is 9.53 Å². The maximum absolute atomic E-state index is 10.4. The molecule has 0 aromatic rings. The molecule has 1 saturated heterocycles. The van der Waals surface area contributed by atoms with E-state index in [0.717, 1.165) is 12.8 Å². The lowest BCUT2D eigenvalue weighted by Gasteiger charge is -2.19. The summed E-state index contributed by atoms with van der Waals surface area (Å²) >= 11 is 0. The third kappa shape index (κ3) is 3.74. The second-order valence-corrected chi connectivity index (χ2v) is 4.14. The zero-order valence-corrected chi connectivity index (χ0v) is 8.30. The third-order valence-corrected chi connectivity index (χ3v) is 2.23. The van der Waals surface area contributed by atoms with Gasteiger partial charge in [0.2, 0.25) is 5.91 Å². The average molecular weight is 186 g/mol. The maximum Gasteiger partial charge on any atom is 0.231 e. The molecule has 0 aliphatic carbocycles. The minimum Gasteiger partial charge on any atom is -0.371 e. The number of amides is 1. The van der Waals surface area contributed by atoms with Crippen molar-refractivity contribution in [3.63, 3.8) is 0 Å². The quantitative estimate of drug-likeness (QED) is 0.650. The van der Waals surface area contributed by atoms with Crippen LogP contribution in [-0.4, -0.2) is 30.7 Å². The summed E-state index contributed by atoms with van der Waals surface area (Å²) in [7, 11) is 0. The maximum atomic E-state index is 10.4. The van der Waals surface area contributed by atoms with Crippen LogP contribution in [0.1, 0.15) is 26.7 Å². The van der Waals surface area contributed by atoms with Crippen LogP contribution in [0.15, 0.2) is 0 Å². The van der Waals surface area contributed by atoms with Crippen LogP contribution in [0.4, 0.5) is 0 Å². The van der Waals surface area contributed by atoms with E-state index in [0.29, 0.717) is 6.54 Å². The third-order valence-electron chi connectivity index (χ3n) is 2.23. The predicted octanol–water partition coefficient (Wildman–Crippen LogP) is 0.0189. The van der Waals surface area contributed by atoms with Crippen LogP contribution >= 0.6 is 0 Å². The average Bonchev–Trinajstić information content (AvgIpc) is 2.29. The summed E-state index contributed by atoms with van der Waals surface area (Å²) in [5, 5.41) is 2.96. The van der Waals surface area contributed by atoms with Crippen molar-refractivity contribution in [2.24, 2.45) is 5.73 Å². The molecule has 0 bridgehead atoms. The Morgan fingerprint density at radius 2 is 2.38 bits per heavy atom. The fourth-order valence-corrected chi connectivity index (χ4v) is 1.58. The molecule has 0 aromatic heterocycles. The first-order valence-electron chi connectivity index (χ1n) is 4.66. The van der Waals surface area contributed by atoms with Crippen LogP contribution in [0.25, 0.3) is 0 Å². The van der Waals surface area contributed by atoms with E-state index in [2.05, 4.69) is 19.2 Å². The minimum absolute atomic E-state index is 0.000922.